The van der Waals surface area contributed by atoms with Crippen molar-refractivity contribution in [3.05, 3.63) is 150 Å². The molecule has 1 aromatic heterocycles. The van der Waals surface area contributed by atoms with E-state index in [1.807, 2.05) is 18.2 Å². The predicted octanol–water partition coefficient (Wildman–Crippen LogP) is 12.8. The van der Waals surface area contributed by atoms with Crippen LogP contribution < -0.4 is 9.80 Å². The smallest absolute Gasteiger partial charge is 0.148 e. The maximum atomic E-state index is 11.2. The second-order valence-corrected chi connectivity index (χ2v) is 15.5. The van der Waals surface area contributed by atoms with E-state index in [9.17, 15) is 5.11 Å². The van der Waals surface area contributed by atoms with Crippen LogP contribution in [0.15, 0.2) is 128 Å². The van der Waals surface area contributed by atoms with Gasteiger partial charge in [0, 0.05) is 35.5 Å². The van der Waals surface area contributed by atoms with Crippen LogP contribution in [0.25, 0.3) is 39.5 Å². The van der Waals surface area contributed by atoms with Crippen LogP contribution in [0.2, 0.25) is 0 Å². The first-order valence-electron chi connectivity index (χ1n) is 19.1. The number of aromatic hydroxyl groups is 1. The Balaban J connectivity index is 1.33. The minimum atomic E-state index is 0.211. The number of benzene rings is 5. The Morgan fingerprint density at radius 1 is 0.528 bits per heavy atom. The summed E-state index contributed by atoms with van der Waals surface area (Å²) >= 11 is 0. The van der Waals surface area contributed by atoms with Crippen LogP contribution in [0, 0.1) is 0 Å². The van der Waals surface area contributed by atoms with E-state index in [0.717, 1.165) is 35.1 Å². The van der Waals surface area contributed by atoms with Crippen LogP contribution in [-0.2, 0) is 0 Å². The normalized spacial score (nSPS) is 13.1. The third-order valence-corrected chi connectivity index (χ3v) is 10.4. The first-order valence-corrected chi connectivity index (χ1v) is 19.1. The lowest BCUT2D eigenvalue weighted by Crippen LogP contribution is -2.26. The lowest BCUT2D eigenvalue weighted by atomic mass is 9.88. The van der Waals surface area contributed by atoms with Crippen molar-refractivity contribution in [3.8, 4) is 45.2 Å². The highest BCUT2D eigenvalue weighted by Gasteiger charge is 2.26. The van der Waals surface area contributed by atoms with Gasteiger partial charge in [-0.1, -0.05) is 128 Å². The predicted molar refractivity (Wildman–Crippen MR) is 223 cm³/mol. The lowest BCUT2D eigenvalue weighted by molar-refractivity contribution is 0.477. The molecule has 7 rings (SSSR count). The zero-order valence-electron chi connectivity index (χ0n) is 32.4. The number of phenols is 1. The fraction of sp³-hybridized carbons (Fsp3) is 0.271. The number of anilines is 2. The summed E-state index contributed by atoms with van der Waals surface area (Å²) in [6.07, 6.45) is 6.56. The van der Waals surface area contributed by atoms with Crippen molar-refractivity contribution in [2.24, 2.45) is 0 Å². The molecule has 0 spiro atoms. The Bertz CT molecular complexity index is 2200. The van der Waals surface area contributed by atoms with Crippen LogP contribution in [0.5, 0.6) is 5.75 Å². The van der Waals surface area contributed by atoms with Crippen molar-refractivity contribution in [2.45, 2.75) is 79.1 Å². The van der Waals surface area contributed by atoms with Gasteiger partial charge in [-0.15, -0.1) is 0 Å². The number of para-hydroxylation sites is 2. The average molecular weight is 701 g/mol. The highest BCUT2D eigenvalue weighted by Crippen LogP contribution is 2.42. The number of hydrogen-bond donors (Lipinski definition) is 1. The molecule has 270 valence electrons. The Hall–Kier alpha value is -5.55. The van der Waals surface area contributed by atoms with Gasteiger partial charge < -0.3 is 14.9 Å². The summed E-state index contributed by atoms with van der Waals surface area (Å²) in [6.45, 7) is 18.9. The SMILES string of the molecule is CC(C)c1cccc(C(C)C)c1N1C=CN(c2cccc(-c3cn(-c4c(C(C)C)cc(-c5ccccc5)cc4C(C)C)c(-c4ccccc4O)n3)c2)C1. The maximum absolute atomic E-state index is 11.2. The molecule has 53 heavy (non-hydrogen) atoms. The van der Waals surface area contributed by atoms with Crippen LogP contribution in [0.4, 0.5) is 11.4 Å². The van der Waals surface area contributed by atoms with Crippen molar-refractivity contribution in [1.82, 2.24) is 9.55 Å². The molecule has 0 atom stereocenters. The molecular formula is C48H52N4O. The Morgan fingerprint density at radius 3 is 1.72 bits per heavy atom. The van der Waals surface area contributed by atoms with E-state index in [1.165, 1.54) is 39.1 Å². The number of phenolic OH excluding ortho intramolecular Hbond substituents is 1. The first kappa shape index (κ1) is 35.8. The van der Waals surface area contributed by atoms with E-state index in [0.29, 0.717) is 17.4 Å². The molecule has 0 amide bonds. The standard InChI is InChI=1S/C48H52N4O/c1-31(2)39-21-15-22-40(32(3)4)46(39)51-25-24-50(30-51)38-19-14-18-36(26-38)44-29-52(48(49-44)41-20-12-13-23-45(41)53)47-42(33(5)6)27-37(28-43(47)34(7)8)35-16-10-9-11-17-35/h9-29,31-34,53H,30H2,1-8H3. The quantitative estimate of drug-likeness (QED) is 0.154. The van der Waals surface area contributed by atoms with Crippen molar-refractivity contribution >= 4 is 11.4 Å². The zero-order valence-corrected chi connectivity index (χ0v) is 32.4. The van der Waals surface area contributed by atoms with Crippen molar-refractivity contribution < 1.29 is 5.11 Å². The zero-order chi connectivity index (χ0) is 37.4. The van der Waals surface area contributed by atoms with Gasteiger partial charge in [0.05, 0.1) is 23.6 Å². The molecular weight excluding hydrogens is 649 g/mol. The van der Waals surface area contributed by atoms with Crippen molar-refractivity contribution in [1.29, 1.82) is 0 Å². The Labute approximate surface area is 315 Å². The van der Waals surface area contributed by atoms with Gasteiger partial charge in [-0.2, -0.15) is 0 Å². The summed E-state index contributed by atoms with van der Waals surface area (Å²) in [7, 11) is 0. The van der Waals surface area contributed by atoms with Gasteiger partial charge in [-0.25, -0.2) is 4.98 Å². The summed E-state index contributed by atoms with van der Waals surface area (Å²) in [4.78, 5) is 10.0. The highest BCUT2D eigenvalue weighted by atomic mass is 16.3. The number of nitrogens with zero attached hydrogens (tertiary/aromatic N) is 4. The van der Waals surface area contributed by atoms with Gasteiger partial charge in [0.2, 0.25) is 0 Å². The van der Waals surface area contributed by atoms with Gasteiger partial charge in [-0.05, 0) is 93.5 Å². The van der Waals surface area contributed by atoms with Gasteiger partial charge in [-0.3, -0.25) is 4.57 Å². The fourth-order valence-corrected chi connectivity index (χ4v) is 7.60. The summed E-state index contributed by atoms with van der Waals surface area (Å²) in [5.41, 5.74) is 13.8. The number of imidazole rings is 1. The molecule has 0 fully saturated rings. The van der Waals surface area contributed by atoms with Crippen LogP contribution in [0.3, 0.4) is 0 Å². The molecule has 0 aliphatic carbocycles. The van der Waals surface area contributed by atoms with E-state index < -0.39 is 0 Å². The number of hydrogen-bond acceptors (Lipinski definition) is 4. The third kappa shape index (κ3) is 7.01. The van der Waals surface area contributed by atoms with E-state index >= 15 is 0 Å². The van der Waals surface area contributed by atoms with Crippen molar-refractivity contribution in [3.63, 3.8) is 0 Å². The lowest BCUT2D eigenvalue weighted by Gasteiger charge is -2.28. The molecule has 0 radical (unpaired) electrons. The van der Waals surface area contributed by atoms with Gasteiger partial charge in [0.25, 0.3) is 0 Å². The van der Waals surface area contributed by atoms with E-state index in [1.54, 1.807) is 6.07 Å². The van der Waals surface area contributed by atoms with E-state index in [4.69, 9.17) is 4.98 Å². The molecule has 5 heteroatoms. The molecule has 0 saturated carbocycles. The molecule has 1 aliphatic heterocycles. The minimum Gasteiger partial charge on any atom is -0.507 e. The van der Waals surface area contributed by atoms with Crippen LogP contribution in [0.1, 0.15) is 101 Å². The topological polar surface area (TPSA) is 44.5 Å². The summed E-state index contributed by atoms with van der Waals surface area (Å²) < 4.78 is 2.23. The fourth-order valence-electron chi connectivity index (χ4n) is 7.60. The molecule has 2 heterocycles. The molecule has 5 nitrogen and oxygen atoms in total. The molecule has 0 bridgehead atoms. The second kappa shape index (κ2) is 14.8. The highest BCUT2D eigenvalue weighted by molar-refractivity contribution is 5.77. The van der Waals surface area contributed by atoms with Gasteiger partial charge >= 0.3 is 0 Å². The van der Waals surface area contributed by atoms with Gasteiger partial charge in [0.1, 0.15) is 11.6 Å². The second-order valence-electron chi connectivity index (χ2n) is 15.5. The van der Waals surface area contributed by atoms with Crippen LogP contribution in [-0.4, -0.2) is 21.3 Å². The van der Waals surface area contributed by atoms with E-state index in [2.05, 4.69) is 173 Å². The van der Waals surface area contributed by atoms with Gasteiger partial charge in [0.15, 0.2) is 0 Å². The Kier molecular flexibility index (Phi) is 10.0. The van der Waals surface area contributed by atoms with Crippen molar-refractivity contribution in [2.75, 3.05) is 16.5 Å². The average Bonchev–Trinajstić information content (AvgIpc) is 3.83. The number of rotatable bonds is 10. The summed E-state index contributed by atoms with van der Waals surface area (Å²) in [5, 5.41) is 11.2. The molecule has 0 unspecified atom stereocenters. The molecule has 5 aromatic carbocycles. The summed E-state index contributed by atoms with van der Waals surface area (Å²) in [6, 6.07) is 38.2. The monoisotopic (exact) mass is 700 g/mol. The van der Waals surface area contributed by atoms with Crippen LogP contribution >= 0.6 is 0 Å². The molecule has 1 aliphatic rings. The third-order valence-electron chi connectivity index (χ3n) is 10.4. The number of aromatic nitrogens is 2. The Morgan fingerprint density at radius 2 is 1.09 bits per heavy atom. The van der Waals surface area contributed by atoms with E-state index in [-0.39, 0.29) is 17.6 Å². The molecule has 1 N–H and O–H groups in total. The largest absolute Gasteiger partial charge is 0.507 e. The summed E-state index contributed by atoms with van der Waals surface area (Å²) in [5.74, 6) is 2.27. The molecule has 0 saturated heterocycles. The maximum Gasteiger partial charge on any atom is 0.148 e. The first-order chi connectivity index (χ1) is 25.5. The minimum absolute atomic E-state index is 0.211. The molecule has 6 aromatic rings.